The quantitative estimate of drug-likeness (QED) is 0.778. The number of nitrogens with two attached hydrogens (primary N) is 1. The highest BCUT2D eigenvalue weighted by Gasteiger charge is 2.29. The van der Waals surface area contributed by atoms with E-state index in [2.05, 4.69) is 22.2 Å². The maximum Gasteiger partial charge on any atom is 0.134 e. The maximum atomic E-state index is 5.75. The van der Waals surface area contributed by atoms with Gasteiger partial charge < -0.3 is 11.1 Å². The van der Waals surface area contributed by atoms with Crippen LogP contribution in [0, 0.1) is 6.92 Å². The predicted molar refractivity (Wildman–Crippen MR) is 61.7 cm³/mol. The van der Waals surface area contributed by atoms with Crippen LogP contribution in [0.2, 0.25) is 0 Å². The molecule has 1 aliphatic rings. The van der Waals surface area contributed by atoms with Crippen LogP contribution in [0.25, 0.3) is 0 Å². The number of aromatic nitrogens is 2. The predicted octanol–water partition coefficient (Wildman–Crippen LogP) is 2.11. The summed E-state index contributed by atoms with van der Waals surface area (Å²) in [4.78, 5) is 8.21. The van der Waals surface area contributed by atoms with Gasteiger partial charge >= 0.3 is 0 Å². The van der Waals surface area contributed by atoms with Gasteiger partial charge in [0.1, 0.15) is 18.0 Å². The van der Waals surface area contributed by atoms with E-state index in [0.29, 0.717) is 5.82 Å². The van der Waals surface area contributed by atoms with E-state index in [9.17, 15) is 0 Å². The molecule has 3 N–H and O–H groups in total. The Balaban J connectivity index is 2.20. The number of rotatable bonds is 2. The van der Waals surface area contributed by atoms with Crippen LogP contribution in [0.3, 0.4) is 0 Å². The van der Waals surface area contributed by atoms with Gasteiger partial charge in [-0.05, 0) is 26.7 Å². The normalized spacial score (nSPS) is 19.1. The highest BCUT2D eigenvalue weighted by atomic mass is 15.1. The second-order valence-electron chi connectivity index (χ2n) is 4.63. The van der Waals surface area contributed by atoms with Crippen molar-refractivity contribution in [2.45, 2.75) is 45.1 Å². The summed E-state index contributed by atoms with van der Waals surface area (Å²) >= 11 is 0. The van der Waals surface area contributed by atoms with Crippen LogP contribution in [0.4, 0.5) is 11.6 Å². The first kappa shape index (κ1) is 10.2. The summed E-state index contributed by atoms with van der Waals surface area (Å²) in [5, 5.41) is 3.50. The average molecular weight is 206 g/mol. The second-order valence-corrected chi connectivity index (χ2v) is 4.63. The van der Waals surface area contributed by atoms with E-state index in [4.69, 9.17) is 5.73 Å². The number of hydrogen-bond acceptors (Lipinski definition) is 4. The molecule has 0 atom stereocenters. The number of anilines is 2. The number of hydrogen-bond donors (Lipinski definition) is 2. The van der Waals surface area contributed by atoms with Gasteiger partial charge in [-0.25, -0.2) is 9.97 Å². The first-order valence-corrected chi connectivity index (χ1v) is 5.46. The zero-order valence-electron chi connectivity index (χ0n) is 9.38. The highest BCUT2D eigenvalue weighted by Crippen LogP contribution is 2.33. The van der Waals surface area contributed by atoms with Crippen LogP contribution in [0.5, 0.6) is 0 Å². The molecule has 1 fully saturated rings. The van der Waals surface area contributed by atoms with Crippen LogP contribution < -0.4 is 11.1 Å². The third-order valence-electron chi connectivity index (χ3n) is 3.25. The van der Waals surface area contributed by atoms with E-state index in [1.54, 1.807) is 0 Å². The topological polar surface area (TPSA) is 63.8 Å². The number of nitrogens with one attached hydrogen (secondary N) is 1. The molecule has 15 heavy (non-hydrogen) atoms. The van der Waals surface area contributed by atoms with Crippen molar-refractivity contribution in [2.24, 2.45) is 0 Å². The van der Waals surface area contributed by atoms with Crippen LogP contribution >= 0.6 is 0 Å². The van der Waals surface area contributed by atoms with Crippen LogP contribution in [0.1, 0.15) is 38.2 Å². The van der Waals surface area contributed by atoms with E-state index >= 15 is 0 Å². The first-order valence-electron chi connectivity index (χ1n) is 5.46. The molecular formula is C11H18N4. The highest BCUT2D eigenvalue weighted by molar-refractivity contribution is 5.55. The molecule has 4 nitrogen and oxygen atoms in total. The summed E-state index contributed by atoms with van der Waals surface area (Å²) in [6.45, 7) is 4.20. The molecule has 0 unspecified atom stereocenters. The molecule has 0 bridgehead atoms. The zero-order valence-corrected chi connectivity index (χ0v) is 9.38. The van der Waals surface area contributed by atoms with Crippen molar-refractivity contribution >= 4 is 11.6 Å². The summed E-state index contributed by atoms with van der Waals surface area (Å²) in [7, 11) is 0. The van der Waals surface area contributed by atoms with Crippen molar-refractivity contribution in [3.8, 4) is 0 Å². The minimum atomic E-state index is 0.186. The van der Waals surface area contributed by atoms with Crippen LogP contribution in [-0.2, 0) is 0 Å². The zero-order chi connectivity index (χ0) is 10.9. The largest absolute Gasteiger partial charge is 0.383 e. The van der Waals surface area contributed by atoms with Gasteiger partial charge in [-0.3, -0.25) is 0 Å². The molecule has 4 heteroatoms. The summed E-state index contributed by atoms with van der Waals surface area (Å²) in [6.07, 6.45) is 6.52. The summed E-state index contributed by atoms with van der Waals surface area (Å²) in [5.74, 6) is 1.45. The average Bonchev–Trinajstić information content (AvgIpc) is 2.60. The standard InChI is InChI=1S/C11H18N4/c1-8-9(12)13-7-14-10(8)15-11(2)5-3-4-6-11/h7H,3-6H2,1-2H3,(H3,12,13,14,15). The van der Waals surface area contributed by atoms with Crippen LogP contribution in [0.15, 0.2) is 6.33 Å². The van der Waals surface area contributed by atoms with Crippen molar-refractivity contribution in [3.05, 3.63) is 11.9 Å². The Morgan fingerprint density at radius 3 is 2.67 bits per heavy atom. The second kappa shape index (κ2) is 3.68. The van der Waals surface area contributed by atoms with Gasteiger partial charge in [0.05, 0.1) is 0 Å². The van der Waals surface area contributed by atoms with Gasteiger partial charge in [0.15, 0.2) is 0 Å². The van der Waals surface area contributed by atoms with Gasteiger partial charge in [0, 0.05) is 11.1 Å². The molecule has 0 aromatic carbocycles. The lowest BCUT2D eigenvalue weighted by atomic mass is 10.0. The Hall–Kier alpha value is -1.32. The van der Waals surface area contributed by atoms with Crippen molar-refractivity contribution in [2.75, 3.05) is 11.1 Å². The molecule has 1 aromatic rings. The Morgan fingerprint density at radius 1 is 1.33 bits per heavy atom. The monoisotopic (exact) mass is 206 g/mol. The van der Waals surface area contributed by atoms with E-state index in [0.717, 1.165) is 11.4 Å². The lowest BCUT2D eigenvalue weighted by Gasteiger charge is -2.26. The van der Waals surface area contributed by atoms with Crippen molar-refractivity contribution in [1.29, 1.82) is 0 Å². The Kier molecular flexibility index (Phi) is 2.50. The van der Waals surface area contributed by atoms with E-state index < -0.39 is 0 Å². The lowest BCUT2D eigenvalue weighted by molar-refractivity contribution is 0.530. The molecule has 0 radical (unpaired) electrons. The fourth-order valence-electron chi connectivity index (χ4n) is 2.16. The summed E-state index contributed by atoms with van der Waals surface area (Å²) < 4.78 is 0. The summed E-state index contributed by atoms with van der Waals surface area (Å²) in [6, 6.07) is 0. The van der Waals surface area contributed by atoms with Gasteiger partial charge in [0.25, 0.3) is 0 Å². The minimum Gasteiger partial charge on any atom is -0.383 e. The Morgan fingerprint density at radius 2 is 2.00 bits per heavy atom. The van der Waals surface area contributed by atoms with E-state index in [1.165, 1.54) is 32.0 Å². The molecule has 2 rings (SSSR count). The van der Waals surface area contributed by atoms with Crippen molar-refractivity contribution < 1.29 is 0 Å². The molecule has 1 aliphatic carbocycles. The van der Waals surface area contributed by atoms with E-state index in [1.807, 2.05) is 6.92 Å². The lowest BCUT2D eigenvalue weighted by Crippen LogP contribution is -2.31. The van der Waals surface area contributed by atoms with Crippen molar-refractivity contribution in [3.63, 3.8) is 0 Å². The number of nitrogen functional groups attached to an aromatic ring is 1. The molecule has 1 heterocycles. The Bertz CT molecular complexity index is 356. The third kappa shape index (κ3) is 2.03. The molecule has 82 valence electrons. The molecule has 1 aromatic heterocycles. The molecule has 1 saturated carbocycles. The summed E-state index contributed by atoms with van der Waals surface area (Å²) in [5.41, 5.74) is 6.88. The molecular weight excluding hydrogens is 188 g/mol. The first-order chi connectivity index (χ1) is 7.11. The molecule has 0 spiro atoms. The fourth-order valence-corrected chi connectivity index (χ4v) is 2.16. The van der Waals surface area contributed by atoms with Crippen molar-refractivity contribution in [1.82, 2.24) is 9.97 Å². The van der Waals surface area contributed by atoms with E-state index in [-0.39, 0.29) is 5.54 Å². The fraction of sp³-hybridized carbons (Fsp3) is 0.636. The number of nitrogens with zero attached hydrogens (tertiary/aromatic N) is 2. The van der Waals surface area contributed by atoms with Gasteiger partial charge in [-0.2, -0.15) is 0 Å². The SMILES string of the molecule is Cc1c(N)ncnc1NC1(C)CCCC1. The smallest absolute Gasteiger partial charge is 0.134 e. The third-order valence-corrected chi connectivity index (χ3v) is 3.25. The molecule has 0 saturated heterocycles. The van der Waals surface area contributed by atoms with Gasteiger partial charge in [-0.15, -0.1) is 0 Å². The molecule has 0 amide bonds. The maximum absolute atomic E-state index is 5.75. The Labute approximate surface area is 90.3 Å². The minimum absolute atomic E-state index is 0.186. The van der Waals surface area contributed by atoms with Gasteiger partial charge in [0.2, 0.25) is 0 Å². The molecule has 0 aliphatic heterocycles. The van der Waals surface area contributed by atoms with Crippen LogP contribution in [-0.4, -0.2) is 15.5 Å². The van der Waals surface area contributed by atoms with Gasteiger partial charge in [-0.1, -0.05) is 12.8 Å².